The summed E-state index contributed by atoms with van der Waals surface area (Å²) in [5, 5.41) is 8.64. The van der Waals surface area contributed by atoms with E-state index in [2.05, 4.69) is 18.7 Å². The second-order valence-corrected chi connectivity index (χ2v) is 6.10. The summed E-state index contributed by atoms with van der Waals surface area (Å²) >= 11 is 2.14. The van der Waals surface area contributed by atoms with Crippen LogP contribution in [-0.4, -0.2) is 23.2 Å². The van der Waals surface area contributed by atoms with Crippen LogP contribution in [0.5, 0.6) is 0 Å². The summed E-state index contributed by atoms with van der Waals surface area (Å²) < 4.78 is 0. The first kappa shape index (κ1) is 17.3. The van der Waals surface area contributed by atoms with E-state index in [0.29, 0.717) is 6.61 Å². The number of rotatable bonds is 14. The Kier molecular flexibility index (Phi) is 16.6. The van der Waals surface area contributed by atoms with Crippen LogP contribution in [0, 0.1) is 0 Å². The molecule has 0 saturated carbocycles. The van der Waals surface area contributed by atoms with Gasteiger partial charge in [0.15, 0.2) is 0 Å². The van der Waals surface area contributed by atoms with Crippen LogP contribution >= 0.6 is 11.8 Å². The Morgan fingerprint density at radius 1 is 0.647 bits per heavy atom. The minimum atomic E-state index is 0.370. The molecule has 0 unspecified atom stereocenters. The van der Waals surface area contributed by atoms with Gasteiger partial charge in [-0.15, -0.1) is 0 Å². The second kappa shape index (κ2) is 16.3. The fourth-order valence-corrected chi connectivity index (χ4v) is 2.95. The average molecular weight is 260 g/mol. The fraction of sp³-hybridized carbons (Fsp3) is 1.00. The van der Waals surface area contributed by atoms with Crippen LogP contribution in [0.1, 0.15) is 77.6 Å². The third kappa shape index (κ3) is 16.3. The Bertz CT molecular complexity index is 114. The van der Waals surface area contributed by atoms with Crippen LogP contribution in [0.2, 0.25) is 0 Å². The molecule has 0 aliphatic rings. The summed E-state index contributed by atoms with van der Waals surface area (Å²) in [5.74, 6) is 2.74. The van der Waals surface area contributed by atoms with Crippen molar-refractivity contribution in [2.75, 3.05) is 18.1 Å². The van der Waals surface area contributed by atoms with Gasteiger partial charge in [0.2, 0.25) is 0 Å². The minimum Gasteiger partial charge on any atom is -0.396 e. The molecule has 0 radical (unpaired) electrons. The van der Waals surface area contributed by atoms with Crippen LogP contribution in [0.4, 0.5) is 0 Å². The molecule has 1 nitrogen and oxygen atoms in total. The van der Waals surface area contributed by atoms with Crippen molar-refractivity contribution in [1.29, 1.82) is 0 Å². The molecular formula is C15H32OS. The van der Waals surface area contributed by atoms with Crippen molar-refractivity contribution in [2.45, 2.75) is 77.6 Å². The Hall–Kier alpha value is 0.310. The predicted molar refractivity (Wildman–Crippen MR) is 80.9 cm³/mol. The number of unbranched alkanes of at least 4 members (excludes halogenated alkanes) is 9. The van der Waals surface area contributed by atoms with E-state index in [1.165, 1.54) is 75.7 Å². The van der Waals surface area contributed by atoms with Crippen molar-refractivity contribution in [2.24, 2.45) is 0 Å². The Morgan fingerprint density at radius 3 is 1.65 bits per heavy atom. The lowest BCUT2D eigenvalue weighted by molar-refractivity contribution is 0.282. The summed E-state index contributed by atoms with van der Waals surface area (Å²) in [7, 11) is 0. The monoisotopic (exact) mass is 260 g/mol. The molecule has 17 heavy (non-hydrogen) atoms. The standard InChI is InChI=1S/C15H32OS/c1-2-3-11-14-17-15-12-9-7-5-4-6-8-10-13-16/h16H,2-15H2,1H3. The molecule has 0 heterocycles. The van der Waals surface area contributed by atoms with Gasteiger partial charge in [-0.05, 0) is 30.8 Å². The lowest BCUT2D eigenvalue weighted by Crippen LogP contribution is -1.86. The minimum absolute atomic E-state index is 0.370. The van der Waals surface area contributed by atoms with E-state index in [-0.39, 0.29) is 0 Å². The average Bonchev–Trinajstić information content (AvgIpc) is 2.35. The smallest absolute Gasteiger partial charge is 0.0431 e. The summed E-state index contributed by atoms with van der Waals surface area (Å²) in [6.45, 7) is 2.64. The third-order valence-electron chi connectivity index (χ3n) is 3.09. The number of hydrogen-bond acceptors (Lipinski definition) is 2. The van der Waals surface area contributed by atoms with Crippen LogP contribution in [0.25, 0.3) is 0 Å². The van der Waals surface area contributed by atoms with Crippen LogP contribution in [-0.2, 0) is 0 Å². The predicted octanol–water partition coefficient (Wildman–Crippen LogP) is 5.02. The van der Waals surface area contributed by atoms with Gasteiger partial charge in [0, 0.05) is 6.61 Å². The first-order valence-corrected chi connectivity index (χ1v) is 8.76. The topological polar surface area (TPSA) is 20.2 Å². The summed E-state index contributed by atoms with van der Waals surface area (Å²) in [6.07, 6.45) is 14.7. The van der Waals surface area contributed by atoms with Gasteiger partial charge < -0.3 is 5.11 Å². The summed E-state index contributed by atoms with van der Waals surface area (Å²) in [5.41, 5.74) is 0. The highest BCUT2D eigenvalue weighted by Crippen LogP contribution is 2.12. The van der Waals surface area contributed by atoms with E-state index in [1.54, 1.807) is 0 Å². The number of hydrogen-bond donors (Lipinski definition) is 1. The zero-order chi connectivity index (χ0) is 12.6. The van der Waals surface area contributed by atoms with Gasteiger partial charge in [0.1, 0.15) is 0 Å². The molecule has 0 aliphatic heterocycles. The summed E-state index contributed by atoms with van der Waals surface area (Å²) in [6, 6.07) is 0. The molecule has 104 valence electrons. The third-order valence-corrected chi connectivity index (χ3v) is 4.24. The van der Waals surface area contributed by atoms with E-state index in [4.69, 9.17) is 5.11 Å². The normalized spacial score (nSPS) is 10.9. The highest BCUT2D eigenvalue weighted by atomic mass is 32.2. The molecule has 0 aromatic heterocycles. The molecule has 0 spiro atoms. The number of thioether (sulfide) groups is 1. The second-order valence-electron chi connectivity index (χ2n) is 4.87. The van der Waals surface area contributed by atoms with Crippen LogP contribution < -0.4 is 0 Å². The maximum atomic E-state index is 8.64. The Morgan fingerprint density at radius 2 is 1.12 bits per heavy atom. The highest BCUT2D eigenvalue weighted by molar-refractivity contribution is 7.99. The molecule has 0 aliphatic carbocycles. The van der Waals surface area contributed by atoms with Crippen LogP contribution in [0.3, 0.4) is 0 Å². The summed E-state index contributed by atoms with van der Waals surface area (Å²) in [4.78, 5) is 0. The van der Waals surface area contributed by atoms with Crippen molar-refractivity contribution in [3.8, 4) is 0 Å². The lowest BCUT2D eigenvalue weighted by atomic mass is 10.1. The van der Waals surface area contributed by atoms with Crippen molar-refractivity contribution >= 4 is 11.8 Å². The zero-order valence-electron chi connectivity index (χ0n) is 11.8. The largest absolute Gasteiger partial charge is 0.396 e. The van der Waals surface area contributed by atoms with E-state index in [0.717, 1.165) is 6.42 Å². The van der Waals surface area contributed by atoms with Crippen molar-refractivity contribution in [3.05, 3.63) is 0 Å². The van der Waals surface area contributed by atoms with Gasteiger partial charge in [-0.1, -0.05) is 58.3 Å². The Balaban J connectivity index is 2.85. The molecule has 1 N–H and O–H groups in total. The van der Waals surface area contributed by atoms with Crippen molar-refractivity contribution < 1.29 is 5.11 Å². The first-order valence-electron chi connectivity index (χ1n) is 7.60. The van der Waals surface area contributed by atoms with Crippen LogP contribution in [0.15, 0.2) is 0 Å². The first-order chi connectivity index (χ1) is 8.41. The van der Waals surface area contributed by atoms with Gasteiger partial charge >= 0.3 is 0 Å². The molecule has 0 fully saturated rings. The maximum Gasteiger partial charge on any atom is 0.0431 e. The van der Waals surface area contributed by atoms with E-state index >= 15 is 0 Å². The van der Waals surface area contributed by atoms with Crippen molar-refractivity contribution in [1.82, 2.24) is 0 Å². The van der Waals surface area contributed by atoms with Gasteiger partial charge in [0.05, 0.1) is 0 Å². The molecule has 0 bridgehead atoms. The van der Waals surface area contributed by atoms with Gasteiger partial charge in [-0.2, -0.15) is 11.8 Å². The number of aliphatic hydroxyl groups excluding tert-OH is 1. The van der Waals surface area contributed by atoms with Gasteiger partial charge in [0.25, 0.3) is 0 Å². The molecule has 0 amide bonds. The quantitative estimate of drug-likeness (QED) is 0.442. The van der Waals surface area contributed by atoms with E-state index < -0.39 is 0 Å². The van der Waals surface area contributed by atoms with E-state index in [1.807, 2.05) is 0 Å². The lowest BCUT2D eigenvalue weighted by Gasteiger charge is -2.02. The van der Waals surface area contributed by atoms with Crippen molar-refractivity contribution in [3.63, 3.8) is 0 Å². The molecule has 0 saturated heterocycles. The zero-order valence-corrected chi connectivity index (χ0v) is 12.6. The molecular weight excluding hydrogens is 228 g/mol. The Labute approximate surface area is 113 Å². The molecule has 0 aromatic carbocycles. The van der Waals surface area contributed by atoms with Gasteiger partial charge in [-0.25, -0.2) is 0 Å². The SMILES string of the molecule is CCCCCSCCCCCCCCCCO. The highest BCUT2D eigenvalue weighted by Gasteiger charge is 1.93. The maximum absolute atomic E-state index is 8.64. The molecule has 2 heteroatoms. The molecule has 0 aromatic rings. The molecule has 0 atom stereocenters. The van der Waals surface area contributed by atoms with Gasteiger partial charge in [-0.3, -0.25) is 0 Å². The number of aliphatic hydroxyl groups is 1. The van der Waals surface area contributed by atoms with E-state index in [9.17, 15) is 0 Å². The molecule has 0 rings (SSSR count). The fourth-order valence-electron chi connectivity index (χ4n) is 1.93.